The fraction of sp³-hybridized carbons (Fsp3) is 0.600. The predicted molar refractivity (Wildman–Crippen MR) is 75.4 cm³/mol. The van der Waals surface area contributed by atoms with Crippen LogP contribution >= 0.6 is 0 Å². The van der Waals surface area contributed by atoms with Crippen LogP contribution in [0.3, 0.4) is 0 Å². The van der Waals surface area contributed by atoms with Gasteiger partial charge in [0, 0.05) is 24.1 Å². The van der Waals surface area contributed by atoms with E-state index in [1.807, 2.05) is 6.07 Å². The summed E-state index contributed by atoms with van der Waals surface area (Å²) in [4.78, 5) is 10.6. The van der Waals surface area contributed by atoms with Gasteiger partial charge in [0.25, 0.3) is 5.69 Å². The monoisotopic (exact) mass is 276 g/mol. The smallest absolute Gasteiger partial charge is 0.269 e. The highest BCUT2D eigenvalue weighted by atomic mass is 16.6. The van der Waals surface area contributed by atoms with Gasteiger partial charge in [-0.15, -0.1) is 0 Å². The summed E-state index contributed by atoms with van der Waals surface area (Å²) in [5, 5.41) is 25.2. The van der Waals surface area contributed by atoms with Gasteiger partial charge in [0.1, 0.15) is 0 Å². The summed E-state index contributed by atoms with van der Waals surface area (Å²) in [6.45, 7) is 0.764. The first-order valence-corrected chi connectivity index (χ1v) is 7.30. The lowest BCUT2D eigenvalue weighted by molar-refractivity contribution is -0.385. The van der Waals surface area contributed by atoms with Gasteiger partial charge >= 0.3 is 0 Å². The Morgan fingerprint density at radius 2 is 2.20 bits per heavy atom. The first-order valence-electron chi connectivity index (χ1n) is 7.30. The molecule has 0 spiro atoms. The maximum absolute atomic E-state index is 10.9. The fourth-order valence-electron chi connectivity index (χ4n) is 3.81. The van der Waals surface area contributed by atoms with Gasteiger partial charge in [-0.05, 0) is 31.4 Å². The van der Waals surface area contributed by atoms with Crippen molar-refractivity contribution in [1.82, 2.24) is 5.32 Å². The lowest BCUT2D eigenvalue weighted by Gasteiger charge is -2.48. The van der Waals surface area contributed by atoms with Crippen molar-refractivity contribution in [3.05, 3.63) is 39.9 Å². The minimum atomic E-state index is -0.598. The van der Waals surface area contributed by atoms with Crippen molar-refractivity contribution in [2.24, 2.45) is 5.92 Å². The third-order valence-corrected chi connectivity index (χ3v) is 4.83. The normalized spacial score (nSPS) is 33.5. The van der Waals surface area contributed by atoms with Crippen molar-refractivity contribution in [1.29, 1.82) is 0 Å². The number of rotatable bonds is 2. The van der Waals surface area contributed by atoms with Crippen molar-refractivity contribution in [2.75, 3.05) is 6.54 Å². The topological polar surface area (TPSA) is 75.4 Å². The molecule has 2 fully saturated rings. The Bertz CT molecular complexity index is 516. The zero-order valence-electron chi connectivity index (χ0n) is 11.4. The highest BCUT2D eigenvalue weighted by Crippen LogP contribution is 2.45. The van der Waals surface area contributed by atoms with Gasteiger partial charge in [0.15, 0.2) is 0 Å². The van der Waals surface area contributed by atoms with Crippen LogP contribution in [0.15, 0.2) is 24.3 Å². The van der Waals surface area contributed by atoms with Crippen LogP contribution in [-0.2, 0) is 0 Å². The van der Waals surface area contributed by atoms with E-state index in [1.165, 1.54) is 6.07 Å². The van der Waals surface area contributed by atoms with E-state index in [9.17, 15) is 15.2 Å². The highest BCUT2D eigenvalue weighted by molar-refractivity contribution is 5.36. The number of hydrogen-bond acceptors (Lipinski definition) is 4. The Balaban J connectivity index is 1.92. The van der Waals surface area contributed by atoms with Gasteiger partial charge in [-0.25, -0.2) is 0 Å². The first kappa shape index (κ1) is 13.5. The van der Waals surface area contributed by atoms with Gasteiger partial charge in [-0.1, -0.05) is 25.0 Å². The van der Waals surface area contributed by atoms with E-state index >= 15 is 0 Å². The first-order chi connectivity index (χ1) is 9.60. The second-order valence-corrected chi connectivity index (χ2v) is 5.99. The molecule has 1 saturated heterocycles. The number of non-ortho nitro benzene ring substituents is 1. The lowest BCUT2D eigenvalue weighted by atomic mass is 9.67. The number of hydrogen-bond donors (Lipinski definition) is 2. The minimum absolute atomic E-state index is 0.0222. The highest BCUT2D eigenvalue weighted by Gasteiger charge is 2.45. The molecule has 1 aromatic rings. The number of benzene rings is 1. The molecule has 5 nitrogen and oxygen atoms in total. The zero-order valence-corrected chi connectivity index (χ0v) is 11.4. The number of aliphatic hydroxyl groups is 1. The van der Waals surface area contributed by atoms with Crippen LogP contribution in [-0.4, -0.2) is 22.2 Å². The van der Waals surface area contributed by atoms with E-state index < -0.39 is 5.60 Å². The summed E-state index contributed by atoms with van der Waals surface area (Å²) in [6, 6.07) is 6.82. The number of nitrogens with zero attached hydrogens (tertiary/aromatic N) is 1. The second-order valence-electron chi connectivity index (χ2n) is 5.99. The van der Waals surface area contributed by atoms with Crippen molar-refractivity contribution >= 4 is 5.69 Å². The molecule has 1 heterocycles. The molecule has 2 N–H and O–H groups in total. The van der Waals surface area contributed by atoms with E-state index in [0.717, 1.165) is 44.2 Å². The van der Waals surface area contributed by atoms with E-state index in [2.05, 4.69) is 5.32 Å². The molecule has 0 radical (unpaired) electrons. The minimum Gasteiger partial charge on any atom is -0.389 e. The molecule has 3 rings (SSSR count). The molecular weight excluding hydrogens is 256 g/mol. The number of nitrogens with one attached hydrogen (secondary N) is 1. The molecular formula is C15H20N2O3. The van der Waals surface area contributed by atoms with Gasteiger partial charge in [0.2, 0.25) is 0 Å². The number of nitro groups is 1. The Hall–Kier alpha value is -1.46. The van der Waals surface area contributed by atoms with E-state index in [0.29, 0.717) is 0 Å². The molecule has 20 heavy (non-hydrogen) atoms. The van der Waals surface area contributed by atoms with Crippen molar-refractivity contribution in [2.45, 2.75) is 43.7 Å². The van der Waals surface area contributed by atoms with Crippen molar-refractivity contribution in [3.63, 3.8) is 0 Å². The Morgan fingerprint density at radius 1 is 1.35 bits per heavy atom. The van der Waals surface area contributed by atoms with E-state index in [-0.39, 0.29) is 22.6 Å². The van der Waals surface area contributed by atoms with Crippen LogP contribution in [0.25, 0.3) is 0 Å². The molecule has 2 aliphatic rings. The van der Waals surface area contributed by atoms with Gasteiger partial charge in [0.05, 0.1) is 10.5 Å². The fourth-order valence-corrected chi connectivity index (χ4v) is 3.81. The summed E-state index contributed by atoms with van der Waals surface area (Å²) in [7, 11) is 0. The average molecular weight is 276 g/mol. The molecule has 108 valence electrons. The number of piperidine rings is 1. The summed E-state index contributed by atoms with van der Waals surface area (Å²) in [5.41, 5.74) is 0.442. The predicted octanol–water partition coefficient (Wildman–Crippen LogP) is 2.55. The third kappa shape index (κ3) is 2.31. The number of fused-ring (bicyclic) bond motifs is 1. The van der Waals surface area contributed by atoms with Crippen LogP contribution < -0.4 is 5.32 Å². The Kier molecular flexibility index (Phi) is 3.48. The maximum atomic E-state index is 10.9. The van der Waals surface area contributed by atoms with Crippen LogP contribution in [0, 0.1) is 16.0 Å². The molecule has 0 aromatic heterocycles. The second kappa shape index (κ2) is 5.14. The average Bonchev–Trinajstić information content (AvgIpc) is 2.46. The summed E-state index contributed by atoms with van der Waals surface area (Å²) < 4.78 is 0. The van der Waals surface area contributed by atoms with Crippen LogP contribution in [0.1, 0.15) is 43.7 Å². The molecule has 1 saturated carbocycles. The molecule has 0 amide bonds. The summed E-state index contributed by atoms with van der Waals surface area (Å²) in [6.07, 6.45) is 4.82. The number of nitro benzene ring substituents is 1. The van der Waals surface area contributed by atoms with Crippen LogP contribution in [0.2, 0.25) is 0 Å². The Morgan fingerprint density at radius 3 is 3.00 bits per heavy atom. The molecule has 0 unspecified atom stereocenters. The van der Waals surface area contributed by atoms with Crippen molar-refractivity contribution < 1.29 is 10.0 Å². The quantitative estimate of drug-likeness (QED) is 0.643. The molecule has 1 aromatic carbocycles. The molecule has 1 aliphatic heterocycles. The summed E-state index contributed by atoms with van der Waals surface area (Å²) in [5.74, 6) is 0.159. The standard InChI is InChI=1S/C15H20N2O3/c18-15-7-2-1-6-13(15)14(16-9-8-15)11-4-3-5-12(10-11)17(19)20/h3-5,10,13-14,16,18H,1-2,6-9H2/t13-,14+,15-/m0/s1. The van der Waals surface area contributed by atoms with Gasteiger partial charge < -0.3 is 10.4 Å². The molecule has 1 aliphatic carbocycles. The lowest BCUT2D eigenvalue weighted by Crippen LogP contribution is -2.53. The Labute approximate surface area is 118 Å². The largest absolute Gasteiger partial charge is 0.389 e. The van der Waals surface area contributed by atoms with Crippen LogP contribution in [0.5, 0.6) is 0 Å². The molecule has 5 heteroatoms. The maximum Gasteiger partial charge on any atom is 0.269 e. The van der Waals surface area contributed by atoms with E-state index in [1.54, 1.807) is 12.1 Å². The SMILES string of the molecule is O=[N+]([O-])c1cccc([C@H]2NCC[C@@]3(O)CCCC[C@@H]23)c1. The van der Waals surface area contributed by atoms with Gasteiger partial charge in [-0.2, -0.15) is 0 Å². The van der Waals surface area contributed by atoms with E-state index in [4.69, 9.17) is 0 Å². The zero-order chi connectivity index (χ0) is 14.2. The molecule has 0 bridgehead atoms. The van der Waals surface area contributed by atoms with Gasteiger partial charge in [-0.3, -0.25) is 10.1 Å². The third-order valence-electron chi connectivity index (χ3n) is 4.83. The van der Waals surface area contributed by atoms with Crippen LogP contribution in [0.4, 0.5) is 5.69 Å². The van der Waals surface area contributed by atoms with Crippen molar-refractivity contribution in [3.8, 4) is 0 Å². The summed E-state index contributed by atoms with van der Waals surface area (Å²) >= 11 is 0. The molecule has 3 atom stereocenters.